The Morgan fingerprint density at radius 3 is 2.86 bits per heavy atom. The minimum Gasteiger partial charge on any atom is -0.350 e. The fourth-order valence-electron chi connectivity index (χ4n) is 3.40. The third-order valence-corrected chi connectivity index (χ3v) is 5.90. The van der Waals surface area contributed by atoms with Crippen molar-refractivity contribution in [2.75, 3.05) is 11.4 Å². The van der Waals surface area contributed by atoms with Gasteiger partial charge in [-0.3, -0.25) is 9.59 Å². The van der Waals surface area contributed by atoms with Crippen LogP contribution in [-0.2, 0) is 11.3 Å². The molecule has 1 saturated heterocycles. The van der Waals surface area contributed by atoms with E-state index in [4.69, 9.17) is 0 Å². The average Bonchev–Trinajstić information content (AvgIpc) is 3.33. The molecule has 1 aliphatic heterocycles. The Balaban J connectivity index is 1.55. The lowest BCUT2D eigenvalue weighted by Crippen LogP contribution is -2.43. The Hall–Kier alpha value is -2.74. The molecule has 0 aliphatic carbocycles. The zero-order valence-electron chi connectivity index (χ0n) is 16.0. The van der Waals surface area contributed by atoms with E-state index in [1.165, 1.54) is 21.9 Å². The number of carbonyl (C=O) groups is 1. The molecular formula is C20H23N5O2S. The van der Waals surface area contributed by atoms with Gasteiger partial charge in [0.15, 0.2) is 0 Å². The number of anilines is 1. The van der Waals surface area contributed by atoms with E-state index in [1.54, 1.807) is 0 Å². The van der Waals surface area contributed by atoms with Crippen molar-refractivity contribution in [3.63, 3.8) is 0 Å². The second-order valence-corrected chi connectivity index (χ2v) is 8.24. The topological polar surface area (TPSA) is 79.6 Å². The molecule has 3 aromatic rings. The van der Waals surface area contributed by atoms with Crippen LogP contribution in [-0.4, -0.2) is 33.1 Å². The normalized spacial score (nSPS) is 16.8. The Labute approximate surface area is 167 Å². The van der Waals surface area contributed by atoms with Crippen molar-refractivity contribution >= 4 is 27.3 Å². The third-order valence-electron chi connectivity index (χ3n) is 4.96. The van der Waals surface area contributed by atoms with Gasteiger partial charge in [0, 0.05) is 19.2 Å². The highest BCUT2D eigenvalue weighted by molar-refractivity contribution is 7.20. The molecule has 1 N–H and O–H groups in total. The zero-order valence-corrected chi connectivity index (χ0v) is 16.8. The molecule has 1 unspecified atom stereocenters. The van der Waals surface area contributed by atoms with Crippen LogP contribution in [0.1, 0.15) is 43.9 Å². The lowest BCUT2D eigenvalue weighted by molar-refractivity contribution is -0.122. The molecule has 8 heteroatoms. The quantitative estimate of drug-likeness (QED) is 0.716. The number of rotatable bonds is 5. The van der Waals surface area contributed by atoms with Crippen molar-refractivity contribution in [1.29, 1.82) is 0 Å². The number of amides is 1. The molecule has 4 rings (SSSR count). The van der Waals surface area contributed by atoms with Crippen LogP contribution in [0.3, 0.4) is 0 Å². The monoisotopic (exact) mass is 397 g/mol. The first-order chi connectivity index (χ1) is 13.5. The average molecular weight is 398 g/mol. The molecule has 0 spiro atoms. The largest absolute Gasteiger partial charge is 0.350 e. The molecule has 1 fully saturated rings. The summed E-state index contributed by atoms with van der Waals surface area (Å²) >= 11 is 1.36. The van der Waals surface area contributed by atoms with Crippen LogP contribution in [0.5, 0.6) is 0 Å². The second-order valence-electron chi connectivity index (χ2n) is 7.31. The number of fused-ring (bicyclic) bond motifs is 1. The Kier molecular flexibility index (Phi) is 5.13. The van der Waals surface area contributed by atoms with Gasteiger partial charge in [0.05, 0.1) is 5.69 Å². The number of hydrogen-bond donors (Lipinski definition) is 1. The molecule has 3 heterocycles. The number of nitrogens with one attached hydrogen (secondary N) is 1. The number of hydrogen-bond acceptors (Lipinski definition) is 6. The Morgan fingerprint density at radius 2 is 2.11 bits per heavy atom. The molecule has 0 radical (unpaired) electrons. The van der Waals surface area contributed by atoms with Gasteiger partial charge < -0.3 is 10.2 Å². The van der Waals surface area contributed by atoms with Crippen molar-refractivity contribution in [2.45, 2.75) is 45.2 Å². The van der Waals surface area contributed by atoms with Gasteiger partial charge in [0.1, 0.15) is 6.04 Å². The summed E-state index contributed by atoms with van der Waals surface area (Å²) in [7, 11) is 0. The van der Waals surface area contributed by atoms with Crippen LogP contribution in [0, 0.1) is 0 Å². The summed E-state index contributed by atoms with van der Waals surface area (Å²) in [6.07, 6.45) is 1.69. The zero-order chi connectivity index (χ0) is 19.7. The molecule has 1 amide bonds. The number of aromatic nitrogens is 3. The molecule has 0 saturated carbocycles. The smallest absolute Gasteiger partial charge is 0.275 e. The SMILES string of the molecule is CC(C)c1cc(=O)n2nc(N3CCCC3C(=O)NCc3ccccc3)sc2n1. The highest BCUT2D eigenvalue weighted by Gasteiger charge is 2.33. The van der Waals surface area contributed by atoms with Crippen LogP contribution in [0.15, 0.2) is 41.2 Å². The van der Waals surface area contributed by atoms with Gasteiger partial charge in [-0.25, -0.2) is 4.98 Å². The number of benzene rings is 1. The Bertz CT molecular complexity index is 1040. The van der Waals surface area contributed by atoms with Gasteiger partial charge in [-0.15, -0.1) is 5.10 Å². The van der Waals surface area contributed by atoms with E-state index >= 15 is 0 Å². The molecular weight excluding hydrogens is 374 g/mol. The second kappa shape index (κ2) is 7.71. The lowest BCUT2D eigenvalue weighted by atomic mass is 10.1. The molecule has 1 aromatic carbocycles. The minimum absolute atomic E-state index is 0.0104. The van der Waals surface area contributed by atoms with E-state index < -0.39 is 0 Å². The van der Waals surface area contributed by atoms with E-state index in [0.717, 1.165) is 30.6 Å². The van der Waals surface area contributed by atoms with E-state index in [1.807, 2.05) is 49.1 Å². The third kappa shape index (κ3) is 3.64. The summed E-state index contributed by atoms with van der Waals surface area (Å²) in [6, 6.07) is 11.1. The van der Waals surface area contributed by atoms with Crippen molar-refractivity contribution < 1.29 is 4.79 Å². The molecule has 7 nitrogen and oxygen atoms in total. The van der Waals surface area contributed by atoms with Crippen molar-refractivity contribution in [3.8, 4) is 0 Å². The van der Waals surface area contributed by atoms with Crippen LogP contribution in [0.25, 0.3) is 4.96 Å². The van der Waals surface area contributed by atoms with Gasteiger partial charge in [-0.05, 0) is 24.3 Å². The van der Waals surface area contributed by atoms with Gasteiger partial charge in [-0.2, -0.15) is 4.52 Å². The van der Waals surface area contributed by atoms with Gasteiger partial charge >= 0.3 is 0 Å². The summed E-state index contributed by atoms with van der Waals surface area (Å²) in [5, 5.41) is 8.14. The van der Waals surface area contributed by atoms with Crippen molar-refractivity contribution in [2.24, 2.45) is 0 Å². The van der Waals surface area contributed by atoms with E-state index in [2.05, 4.69) is 15.4 Å². The first kappa shape index (κ1) is 18.6. The van der Waals surface area contributed by atoms with Crippen molar-refractivity contribution in [1.82, 2.24) is 19.9 Å². The summed E-state index contributed by atoms with van der Waals surface area (Å²) in [6.45, 7) is 5.26. The van der Waals surface area contributed by atoms with Crippen LogP contribution < -0.4 is 15.8 Å². The summed E-state index contributed by atoms with van der Waals surface area (Å²) in [4.78, 5) is 32.3. The molecule has 146 valence electrons. The molecule has 1 aliphatic rings. The predicted octanol–water partition coefficient (Wildman–Crippen LogP) is 2.56. The molecule has 0 bridgehead atoms. The first-order valence-electron chi connectivity index (χ1n) is 9.52. The van der Waals surface area contributed by atoms with Gasteiger partial charge in [0.25, 0.3) is 5.56 Å². The molecule has 28 heavy (non-hydrogen) atoms. The highest BCUT2D eigenvalue weighted by Crippen LogP contribution is 2.29. The summed E-state index contributed by atoms with van der Waals surface area (Å²) < 4.78 is 1.34. The Morgan fingerprint density at radius 1 is 1.32 bits per heavy atom. The van der Waals surface area contributed by atoms with Crippen LogP contribution in [0.2, 0.25) is 0 Å². The summed E-state index contributed by atoms with van der Waals surface area (Å²) in [5.74, 6) is 0.162. The standard InChI is InChI=1S/C20H23N5O2S/c1-13(2)15-11-17(26)25-19(22-15)28-20(23-25)24-10-6-9-16(24)18(27)21-12-14-7-4-3-5-8-14/h3-5,7-8,11,13,16H,6,9-10,12H2,1-2H3,(H,21,27). The highest BCUT2D eigenvalue weighted by atomic mass is 32.1. The fourth-order valence-corrected chi connectivity index (χ4v) is 4.39. The van der Waals surface area contributed by atoms with E-state index in [0.29, 0.717) is 16.6 Å². The van der Waals surface area contributed by atoms with Crippen LogP contribution in [0.4, 0.5) is 5.13 Å². The van der Waals surface area contributed by atoms with Crippen LogP contribution >= 0.6 is 11.3 Å². The van der Waals surface area contributed by atoms with Gasteiger partial charge in [-0.1, -0.05) is 55.5 Å². The fraction of sp³-hybridized carbons (Fsp3) is 0.400. The minimum atomic E-state index is -0.274. The first-order valence-corrected chi connectivity index (χ1v) is 10.3. The number of nitrogens with zero attached hydrogens (tertiary/aromatic N) is 4. The van der Waals surface area contributed by atoms with Crippen molar-refractivity contribution in [3.05, 3.63) is 58.0 Å². The maximum Gasteiger partial charge on any atom is 0.275 e. The van der Waals surface area contributed by atoms with E-state index in [9.17, 15) is 9.59 Å². The predicted molar refractivity (Wildman–Crippen MR) is 110 cm³/mol. The van der Waals surface area contributed by atoms with E-state index in [-0.39, 0.29) is 23.4 Å². The van der Waals surface area contributed by atoms with Gasteiger partial charge in [0.2, 0.25) is 16.0 Å². The summed E-state index contributed by atoms with van der Waals surface area (Å²) in [5.41, 5.74) is 1.65. The maximum atomic E-state index is 12.8. The lowest BCUT2D eigenvalue weighted by Gasteiger charge is -2.22. The molecule has 1 atom stereocenters. The maximum absolute atomic E-state index is 12.8. The number of carbonyl (C=O) groups excluding carboxylic acids is 1. The molecule has 2 aromatic heterocycles.